The molecule has 6 nitrogen and oxygen atoms in total. The number of nitrogens with one attached hydrogen (secondary N) is 1. The highest BCUT2D eigenvalue weighted by Crippen LogP contribution is 2.13. The molecule has 1 atom stereocenters. The summed E-state index contributed by atoms with van der Waals surface area (Å²) in [6.45, 7) is 5.96. The predicted octanol–water partition coefficient (Wildman–Crippen LogP) is 0.0859. The van der Waals surface area contributed by atoms with Crippen molar-refractivity contribution in [3.05, 3.63) is 16.1 Å². The second-order valence-corrected chi connectivity index (χ2v) is 5.52. The highest BCUT2D eigenvalue weighted by Gasteiger charge is 2.15. The molecule has 1 aromatic rings. The van der Waals surface area contributed by atoms with Gasteiger partial charge in [-0.15, -0.1) is 11.3 Å². The number of thiazole rings is 1. The van der Waals surface area contributed by atoms with E-state index >= 15 is 0 Å². The van der Waals surface area contributed by atoms with Crippen molar-refractivity contribution in [2.24, 2.45) is 0 Å². The number of aliphatic hydroxyl groups is 1. The molecule has 0 radical (unpaired) electrons. The van der Waals surface area contributed by atoms with Gasteiger partial charge in [-0.1, -0.05) is 0 Å². The Morgan fingerprint density at radius 1 is 1.63 bits per heavy atom. The maximum Gasteiger partial charge on any atom is 0.270 e. The van der Waals surface area contributed by atoms with Crippen LogP contribution in [0.2, 0.25) is 0 Å². The fraction of sp³-hybridized carbons (Fsp3) is 0.667. The maximum atomic E-state index is 11.7. The van der Waals surface area contributed by atoms with Crippen LogP contribution in [0.1, 0.15) is 22.4 Å². The molecule has 0 saturated carbocycles. The Hall–Kier alpha value is -1.02. The standard InChI is InChI=1S/C12H19N3O3S/c1-9(16)6-13-12(17)10-8-19-11(14-10)7-15-2-4-18-5-3-15/h8-9,16H,2-7H2,1H3,(H,13,17). The van der Waals surface area contributed by atoms with E-state index in [0.29, 0.717) is 5.69 Å². The number of carbonyl (C=O) groups excluding carboxylic acids is 1. The number of rotatable bonds is 5. The molecule has 7 heteroatoms. The van der Waals surface area contributed by atoms with Crippen molar-refractivity contribution < 1.29 is 14.6 Å². The average molecular weight is 285 g/mol. The van der Waals surface area contributed by atoms with Crippen molar-refractivity contribution in [1.82, 2.24) is 15.2 Å². The third kappa shape index (κ3) is 4.54. The van der Waals surface area contributed by atoms with Gasteiger partial charge in [0.15, 0.2) is 0 Å². The first kappa shape index (κ1) is 14.4. The number of carbonyl (C=O) groups is 1. The van der Waals surface area contributed by atoms with Crippen molar-refractivity contribution in [1.29, 1.82) is 0 Å². The Kier molecular flexibility index (Phi) is 5.26. The highest BCUT2D eigenvalue weighted by atomic mass is 32.1. The maximum absolute atomic E-state index is 11.7. The first-order chi connectivity index (χ1) is 9.15. The summed E-state index contributed by atoms with van der Waals surface area (Å²) in [6.07, 6.45) is -0.546. The van der Waals surface area contributed by atoms with Crippen LogP contribution in [0.4, 0.5) is 0 Å². The second-order valence-electron chi connectivity index (χ2n) is 4.57. The van der Waals surface area contributed by atoms with Gasteiger partial charge in [-0.3, -0.25) is 9.69 Å². The summed E-state index contributed by atoms with van der Waals surface area (Å²) in [5.74, 6) is -0.231. The SMILES string of the molecule is CC(O)CNC(=O)c1csc(CN2CCOCC2)n1. The molecule has 2 heterocycles. The normalized spacial score (nSPS) is 18.2. The summed E-state index contributed by atoms with van der Waals surface area (Å²) in [5.41, 5.74) is 0.425. The van der Waals surface area contributed by atoms with Gasteiger partial charge in [0.2, 0.25) is 0 Å². The van der Waals surface area contributed by atoms with Crippen LogP contribution in [0.15, 0.2) is 5.38 Å². The van der Waals surface area contributed by atoms with Gasteiger partial charge >= 0.3 is 0 Å². The van der Waals surface area contributed by atoms with Crippen LogP contribution in [0.5, 0.6) is 0 Å². The van der Waals surface area contributed by atoms with Crippen molar-refractivity contribution in [2.45, 2.75) is 19.6 Å². The van der Waals surface area contributed by atoms with Crippen molar-refractivity contribution in [3.63, 3.8) is 0 Å². The summed E-state index contributed by atoms with van der Waals surface area (Å²) in [5, 5.41) is 14.4. The topological polar surface area (TPSA) is 74.7 Å². The minimum atomic E-state index is -0.546. The lowest BCUT2D eigenvalue weighted by Gasteiger charge is -2.25. The van der Waals surface area contributed by atoms with Crippen molar-refractivity contribution in [2.75, 3.05) is 32.8 Å². The molecule has 19 heavy (non-hydrogen) atoms. The molecule has 1 amide bonds. The zero-order valence-corrected chi connectivity index (χ0v) is 11.8. The molecule has 106 valence electrons. The minimum absolute atomic E-state index is 0.231. The van der Waals surface area contributed by atoms with Crippen molar-refractivity contribution in [3.8, 4) is 0 Å². The molecule has 1 fully saturated rings. The van der Waals surface area contributed by atoms with Crippen LogP contribution in [0, 0.1) is 0 Å². The van der Waals surface area contributed by atoms with Gasteiger partial charge in [0.25, 0.3) is 5.91 Å². The van der Waals surface area contributed by atoms with E-state index in [0.717, 1.165) is 37.9 Å². The number of aromatic nitrogens is 1. The first-order valence-corrected chi connectivity index (χ1v) is 7.24. The third-order valence-electron chi connectivity index (χ3n) is 2.80. The molecule has 0 spiro atoms. The number of aliphatic hydroxyl groups excluding tert-OH is 1. The summed E-state index contributed by atoms with van der Waals surface area (Å²) in [4.78, 5) is 18.3. The molecule has 0 aliphatic carbocycles. The van der Waals surface area contributed by atoms with Gasteiger partial charge in [-0.25, -0.2) is 4.98 Å². The molecule has 0 aromatic carbocycles. The number of morpholine rings is 1. The van der Waals surface area contributed by atoms with Crippen molar-refractivity contribution >= 4 is 17.2 Å². The van der Waals surface area contributed by atoms with E-state index in [1.54, 1.807) is 12.3 Å². The zero-order valence-electron chi connectivity index (χ0n) is 11.0. The van der Waals surface area contributed by atoms with Gasteiger partial charge in [-0.05, 0) is 6.92 Å². The highest BCUT2D eigenvalue weighted by molar-refractivity contribution is 7.09. The van der Waals surface area contributed by atoms with E-state index in [9.17, 15) is 4.79 Å². The number of nitrogens with zero attached hydrogens (tertiary/aromatic N) is 2. The summed E-state index contributed by atoms with van der Waals surface area (Å²) in [7, 11) is 0. The molecular formula is C12H19N3O3S. The fourth-order valence-corrected chi connectivity index (χ4v) is 2.58. The minimum Gasteiger partial charge on any atom is -0.392 e. The van der Waals surface area contributed by atoms with Crippen LogP contribution < -0.4 is 5.32 Å². The fourth-order valence-electron chi connectivity index (χ4n) is 1.77. The molecule has 1 aliphatic heterocycles. The predicted molar refractivity (Wildman–Crippen MR) is 72.2 cm³/mol. The van der Waals surface area contributed by atoms with E-state index in [4.69, 9.17) is 9.84 Å². The summed E-state index contributed by atoms with van der Waals surface area (Å²) in [6, 6.07) is 0. The van der Waals surface area contributed by atoms with Gasteiger partial charge < -0.3 is 15.2 Å². The number of hydrogen-bond donors (Lipinski definition) is 2. The van der Waals surface area contributed by atoms with Crippen LogP contribution in [-0.2, 0) is 11.3 Å². The molecule has 1 aromatic heterocycles. The monoisotopic (exact) mass is 285 g/mol. The molecule has 2 rings (SSSR count). The number of ether oxygens (including phenoxy) is 1. The summed E-state index contributed by atoms with van der Waals surface area (Å²) < 4.78 is 5.29. The van der Waals surface area contributed by atoms with Gasteiger partial charge in [0, 0.05) is 25.0 Å². The van der Waals surface area contributed by atoms with E-state index in [1.165, 1.54) is 11.3 Å². The Bertz CT molecular complexity index is 416. The third-order valence-corrected chi connectivity index (χ3v) is 3.64. The lowest BCUT2D eigenvalue weighted by atomic mass is 10.4. The largest absolute Gasteiger partial charge is 0.392 e. The van der Waals surface area contributed by atoms with E-state index in [-0.39, 0.29) is 12.5 Å². The van der Waals surface area contributed by atoms with Crippen LogP contribution in [0.3, 0.4) is 0 Å². The molecule has 1 unspecified atom stereocenters. The van der Waals surface area contributed by atoms with E-state index in [2.05, 4.69) is 15.2 Å². The number of amides is 1. The van der Waals surface area contributed by atoms with E-state index in [1.807, 2.05) is 0 Å². The zero-order chi connectivity index (χ0) is 13.7. The number of hydrogen-bond acceptors (Lipinski definition) is 6. The Labute approximate surface area is 116 Å². The lowest BCUT2D eigenvalue weighted by molar-refractivity contribution is 0.0341. The second kappa shape index (κ2) is 6.95. The molecule has 1 saturated heterocycles. The van der Waals surface area contributed by atoms with Crippen LogP contribution in [0.25, 0.3) is 0 Å². The van der Waals surface area contributed by atoms with Gasteiger partial charge in [-0.2, -0.15) is 0 Å². The average Bonchev–Trinajstić information content (AvgIpc) is 2.85. The smallest absolute Gasteiger partial charge is 0.270 e. The lowest BCUT2D eigenvalue weighted by Crippen LogP contribution is -2.35. The van der Waals surface area contributed by atoms with E-state index < -0.39 is 6.10 Å². The Balaban J connectivity index is 1.85. The molecule has 2 N–H and O–H groups in total. The van der Waals surface area contributed by atoms with Crippen LogP contribution in [-0.4, -0.2) is 59.8 Å². The van der Waals surface area contributed by atoms with Gasteiger partial charge in [0.1, 0.15) is 10.7 Å². The summed E-state index contributed by atoms with van der Waals surface area (Å²) >= 11 is 1.49. The first-order valence-electron chi connectivity index (χ1n) is 6.36. The molecule has 1 aliphatic rings. The Morgan fingerprint density at radius 3 is 3.05 bits per heavy atom. The molecular weight excluding hydrogens is 266 g/mol. The Morgan fingerprint density at radius 2 is 2.37 bits per heavy atom. The van der Waals surface area contributed by atoms with Crippen LogP contribution >= 0.6 is 11.3 Å². The quantitative estimate of drug-likeness (QED) is 0.802. The van der Waals surface area contributed by atoms with Gasteiger partial charge in [0.05, 0.1) is 25.9 Å². The molecule has 0 bridgehead atoms.